The number of rotatable bonds is 4. The Morgan fingerprint density at radius 1 is 0.962 bits per heavy atom. The number of hydrogen-bond acceptors (Lipinski definition) is 3. The van der Waals surface area contributed by atoms with Gasteiger partial charge in [-0.3, -0.25) is 4.72 Å². The Morgan fingerprint density at radius 3 is 1.88 bits per heavy atom. The molecule has 0 saturated carbocycles. The lowest BCUT2D eigenvalue weighted by molar-refractivity contribution is 0.377. The lowest BCUT2D eigenvalue weighted by atomic mass is 10.1. The third kappa shape index (κ3) is 3.86. The van der Waals surface area contributed by atoms with Crippen molar-refractivity contribution in [2.75, 3.05) is 4.72 Å². The summed E-state index contributed by atoms with van der Waals surface area (Å²) in [5.41, 5.74) is -1.54. The molecule has 0 aliphatic rings. The van der Waals surface area contributed by atoms with Gasteiger partial charge in [0.2, 0.25) is 5.82 Å². The summed E-state index contributed by atoms with van der Waals surface area (Å²) in [6.45, 7) is 0. The number of allylic oxidation sites excluding steroid dienone is 1. The maximum Gasteiger partial charge on any atom is 0.272 e. The van der Waals surface area contributed by atoms with Crippen LogP contribution in [0.1, 0.15) is 5.56 Å². The summed E-state index contributed by atoms with van der Waals surface area (Å²) >= 11 is 3.12. The minimum atomic E-state index is -4.64. The lowest BCUT2D eigenvalue weighted by Gasteiger charge is -2.08. The molecule has 0 amide bonds. The van der Waals surface area contributed by atoms with Crippen molar-refractivity contribution in [1.82, 2.24) is 0 Å². The third-order valence-electron chi connectivity index (χ3n) is 3.02. The Balaban J connectivity index is 2.55. The lowest BCUT2D eigenvalue weighted by Crippen LogP contribution is -2.14. The molecule has 26 heavy (non-hydrogen) atoms. The van der Waals surface area contributed by atoms with Crippen molar-refractivity contribution in [3.05, 3.63) is 68.3 Å². The number of hydrogen-bond donors (Lipinski definition) is 1. The normalized spacial score (nSPS) is 12.0. The largest absolute Gasteiger partial charge is 0.279 e. The summed E-state index contributed by atoms with van der Waals surface area (Å²) in [4.78, 5) is -1.25. The standard InChI is InChI=1S/C15H6BrF5N2O2S/c16-7-1-3-8(4-2-7)23-26(24,25)9(6-22)5-10-11(17)13(19)15(21)14(20)12(10)18/h1-5,23H/b9-5-. The smallest absolute Gasteiger partial charge is 0.272 e. The van der Waals surface area contributed by atoms with Crippen LogP contribution in [0.2, 0.25) is 0 Å². The molecule has 11 heteroatoms. The van der Waals surface area contributed by atoms with Gasteiger partial charge in [0, 0.05) is 10.2 Å². The number of sulfonamides is 1. The van der Waals surface area contributed by atoms with Crippen molar-refractivity contribution in [2.45, 2.75) is 0 Å². The molecule has 0 aromatic heterocycles. The molecule has 0 atom stereocenters. The summed E-state index contributed by atoms with van der Waals surface area (Å²) in [6, 6.07) is 6.73. The van der Waals surface area contributed by atoms with Gasteiger partial charge in [-0.1, -0.05) is 15.9 Å². The molecular weight excluding hydrogens is 447 g/mol. The van der Waals surface area contributed by atoms with Crippen LogP contribution in [-0.2, 0) is 10.0 Å². The second-order valence-electron chi connectivity index (χ2n) is 4.72. The average molecular weight is 453 g/mol. The SMILES string of the molecule is N#C/C(=C/c1c(F)c(F)c(F)c(F)c1F)S(=O)(=O)Nc1ccc(Br)cc1. The fraction of sp³-hybridized carbons (Fsp3) is 0. The summed E-state index contributed by atoms with van der Waals surface area (Å²) < 4.78 is 93.6. The van der Waals surface area contributed by atoms with Crippen LogP contribution in [0.3, 0.4) is 0 Å². The number of nitrogens with zero attached hydrogens (tertiary/aromatic N) is 1. The number of nitrogens with one attached hydrogen (secondary N) is 1. The molecule has 0 radical (unpaired) electrons. The van der Waals surface area contributed by atoms with Gasteiger partial charge in [-0.2, -0.15) is 5.26 Å². The first-order chi connectivity index (χ1) is 12.1. The molecule has 0 aliphatic carbocycles. The van der Waals surface area contributed by atoms with E-state index in [0.29, 0.717) is 4.47 Å². The zero-order valence-corrected chi connectivity index (χ0v) is 14.7. The maximum absolute atomic E-state index is 13.7. The molecule has 0 heterocycles. The summed E-state index contributed by atoms with van der Waals surface area (Å²) in [6.07, 6.45) is 0.0669. The first kappa shape index (κ1) is 19.9. The van der Waals surface area contributed by atoms with Gasteiger partial charge in [0.1, 0.15) is 6.07 Å². The number of halogens is 6. The quantitative estimate of drug-likeness (QED) is 0.322. The Kier molecular flexibility index (Phi) is 5.68. The van der Waals surface area contributed by atoms with Gasteiger partial charge in [0.05, 0.1) is 5.56 Å². The van der Waals surface area contributed by atoms with Gasteiger partial charge in [-0.25, -0.2) is 30.4 Å². The van der Waals surface area contributed by atoms with E-state index in [1.54, 1.807) is 0 Å². The number of anilines is 1. The summed E-state index contributed by atoms with van der Waals surface area (Å²) in [5.74, 6) is -11.4. The maximum atomic E-state index is 13.7. The van der Waals surface area contributed by atoms with Crippen LogP contribution >= 0.6 is 15.9 Å². The van der Waals surface area contributed by atoms with Gasteiger partial charge in [0.15, 0.2) is 28.2 Å². The highest BCUT2D eigenvalue weighted by Gasteiger charge is 2.27. The fourth-order valence-electron chi connectivity index (χ4n) is 1.78. The van der Waals surface area contributed by atoms with Gasteiger partial charge in [-0.05, 0) is 30.3 Å². The van der Waals surface area contributed by atoms with Crippen LogP contribution in [0.5, 0.6) is 0 Å². The Bertz CT molecular complexity index is 1020. The van der Waals surface area contributed by atoms with Gasteiger partial charge >= 0.3 is 0 Å². The molecule has 0 bridgehead atoms. The first-order valence-corrected chi connectivity index (χ1v) is 8.77. The highest BCUT2D eigenvalue weighted by molar-refractivity contribution is 9.10. The van der Waals surface area contributed by atoms with E-state index < -0.39 is 49.6 Å². The van der Waals surface area contributed by atoms with E-state index in [1.165, 1.54) is 24.3 Å². The molecule has 0 saturated heterocycles. The molecule has 136 valence electrons. The minimum Gasteiger partial charge on any atom is -0.279 e. The Morgan fingerprint density at radius 2 is 1.42 bits per heavy atom. The van der Waals surface area contributed by atoms with E-state index in [0.717, 1.165) is 6.07 Å². The molecule has 2 rings (SSSR count). The third-order valence-corrected chi connectivity index (χ3v) is 4.84. The predicted octanol–water partition coefficient (Wildman–Crippen LogP) is 4.45. The van der Waals surface area contributed by atoms with E-state index in [-0.39, 0.29) is 11.8 Å². The van der Waals surface area contributed by atoms with Crippen molar-refractivity contribution in [3.63, 3.8) is 0 Å². The molecule has 0 fully saturated rings. The second-order valence-corrected chi connectivity index (χ2v) is 7.28. The predicted molar refractivity (Wildman–Crippen MR) is 86.5 cm³/mol. The van der Waals surface area contributed by atoms with E-state index in [1.807, 2.05) is 4.72 Å². The Hall–Kier alpha value is -2.45. The second kappa shape index (κ2) is 7.43. The first-order valence-electron chi connectivity index (χ1n) is 6.50. The van der Waals surface area contributed by atoms with Gasteiger partial charge in [-0.15, -0.1) is 0 Å². The van der Waals surface area contributed by atoms with Crippen LogP contribution in [0.4, 0.5) is 27.6 Å². The minimum absolute atomic E-state index is 0.00626. The van der Waals surface area contributed by atoms with Gasteiger partial charge in [0.25, 0.3) is 10.0 Å². The number of nitriles is 1. The highest BCUT2D eigenvalue weighted by atomic mass is 79.9. The van der Waals surface area contributed by atoms with E-state index in [4.69, 9.17) is 5.26 Å². The molecule has 4 nitrogen and oxygen atoms in total. The van der Waals surface area contributed by atoms with E-state index in [9.17, 15) is 30.4 Å². The van der Waals surface area contributed by atoms with Crippen molar-refractivity contribution >= 4 is 37.7 Å². The van der Waals surface area contributed by atoms with Gasteiger partial charge < -0.3 is 0 Å². The zero-order chi connectivity index (χ0) is 19.6. The van der Waals surface area contributed by atoms with Crippen LogP contribution in [0, 0.1) is 40.4 Å². The van der Waals surface area contributed by atoms with Crippen molar-refractivity contribution in [3.8, 4) is 6.07 Å². The molecule has 2 aromatic carbocycles. The molecule has 0 spiro atoms. The van der Waals surface area contributed by atoms with E-state index >= 15 is 0 Å². The average Bonchev–Trinajstić information content (AvgIpc) is 2.60. The molecular formula is C15H6BrF5N2O2S. The zero-order valence-electron chi connectivity index (χ0n) is 12.3. The van der Waals surface area contributed by atoms with Crippen LogP contribution < -0.4 is 4.72 Å². The van der Waals surface area contributed by atoms with Crippen LogP contribution in [-0.4, -0.2) is 8.42 Å². The molecule has 0 aliphatic heterocycles. The summed E-state index contributed by atoms with van der Waals surface area (Å²) in [5, 5.41) is 8.97. The Labute approximate surface area is 152 Å². The fourth-order valence-corrected chi connectivity index (χ4v) is 2.99. The highest BCUT2D eigenvalue weighted by Crippen LogP contribution is 2.26. The molecule has 2 aromatic rings. The molecule has 1 N–H and O–H groups in total. The van der Waals surface area contributed by atoms with E-state index in [2.05, 4.69) is 15.9 Å². The van der Waals surface area contributed by atoms with Crippen LogP contribution in [0.15, 0.2) is 33.6 Å². The topological polar surface area (TPSA) is 70.0 Å². The van der Waals surface area contributed by atoms with Crippen molar-refractivity contribution < 1.29 is 30.4 Å². The van der Waals surface area contributed by atoms with Crippen molar-refractivity contribution in [1.29, 1.82) is 5.26 Å². The molecule has 0 unspecified atom stereocenters. The van der Waals surface area contributed by atoms with Crippen LogP contribution in [0.25, 0.3) is 6.08 Å². The summed E-state index contributed by atoms with van der Waals surface area (Å²) in [7, 11) is -4.64. The van der Waals surface area contributed by atoms with Crippen molar-refractivity contribution in [2.24, 2.45) is 0 Å². The number of benzene rings is 2. The monoisotopic (exact) mass is 452 g/mol.